The monoisotopic (exact) mass is 281 g/mol. The fourth-order valence-electron chi connectivity index (χ4n) is 1.45. The van der Waals surface area contributed by atoms with Gasteiger partial charge in [-0.2, -0.15) is 0 Å². The third-order valence-corrected chi connectivity index (χ3v) is 3.44. The number of hydrogen-bond acceptors (Lipinski definition) is 3. The third-order valence-electron chi connectivity index (χ3n) is 2.35. The molecule has 0 unspecified atom stereocenters. The Morgan fingerprint density at radius 1 is 1.26 bits per heavy atom. The van der Waals surface area contributed by atoms with E-state index in [0.29, 0.717) is 10.6 Å². The highest BCUT2D eigenvalue weighted by atomic mass is 32.2. The van der Waals surface area contributed by atoms with Gasteiger partial charge in [-0.15, -0.1) is 0 Å². The molecule has 6 heteroatoms. The molecule has 3 nitrogen and oxygen atoms in total. The summed E-state index contributed by atoms with van der Waals surface area (Å²) in [6, 6.07) is 4.57. The van der Waals surface area contributed by atoms with E-state index in [1.54, 1.807) is 6.92 Å². The summed E-state index contributed by atoms with van der Waals surface area (Å²) in [5.41, 5.74) is 0.559. The summed E-state index contributed by atoms with van der Waals surface area (Å²) in [6.07, 6.45) is 1.21. The number of carboxylic acids is 1. The molecule has 1 aromatic carbocycles. The maximum Gasteiger partial charge on any atom is 0.338 e. The van der Waals surface area contributed by atoms with E-state index in [1.807, 2.05) is 0 Å². The summed E-state index contributed by atoms with van der Waals surface area (Å²) in [5.74, 6) is -2.34. The van der Waals surface area contributed by atoms with Crippen LogP contribution in [-0.2, 0) is 0 Å². The number of benzene rings is 1. The molecule has 0 amide bonds. The van der Waals surface area contributed by atoms with Gasteiger partial charge in [-0.3, -0.25) is 4.98 Å². The van der Waals surface area contributed by atoms with Crippen molar-refractivity contribution in [3.63, 3.8) is 0 Å². The summed E-state index contributed by atoms with van der Waals surface area (Å²) in [5, 5.41) is 9.04. The number of aryl methyl sites for hydroxylation is 1. The van der Waals surface area contributed by atoms with Crippen molar-refractivity contribution < 1.29 is 18.7 Å². The molecule has 1 N–H and O–H groups in total. The van der Waals surface area contributed by atoms with Crippen LogP contribution in [0.15, 0.2) is 40.3 Å². The minimum absolute atomic E-state index is 0.0353. The molecular formula is C13H9F2NO2S. The third kappa shape index (κ3) is 3.08. The normalized spacial score (nSPS) is 10.5. The second-order valence-electron chi connectivity index (χ2n) is 3.80. The number of halogens is 2. The quantitative estimate of drug-likeness (QED) is 0.935. The molecule has 0 radical (unpaired) electrons. The van der Waals surface area contributed by atoms with Crippen molar-refractivity contribution in [1.29, 1.82) is 0 Å². The topological polar surface area (TPSA) is 50.2 Å². The zero-order valence-electron chi connectivity index (χ0n) is 9.85. The predicted octanol–water partition coefficient (Wildman–Crippen LogP) is 3.52. The first-order valence-corrected chi connectivity index (χ1v) is 6.12. The van der Waals surface area contributed by atoms with Crippen molar-refractivity contribution >= 4 is 17.7 Å². The molecule has 19 heavy (non-hydrogen) atoms. The predicted molar refractivity (Wildman–Crippen MR) is 66.4 cm³/mol. The lowest BCUT2D eigenvalue weighted by Crippen LogP contribution is -2.01. The van der Waals surface area contributed by atoms with E-state index >= 15 is 0 Å². The lowest BCUT2D eigenvalue weighted by Gasteiger charge is -2.07. The van der Waals surface area contributed by atoms with Gasteiger partial charge in [-0.25, -0.2) is 13.6 Å². The summed E-state index contributed by atoms with van der Waals surface area (Å²) in [6.45, 7) is 1.69. The number of rotatable bonds is 3. The Hall–Kier alpha value is -1.95. The minimum atomic E-state index is -1.16. The zero-order valence-corrected chi connectivity index (χ0v) is 10.7. The average Bonchev–Trinajstić information content (AvgIpc) is 2.33. The van der Waals surface area contributed by atoms with E-state index in [4.69, 9.17) is 5.11 Å². The molecule has 98 valence electrons. The van der Waals surface area contributed by atoms with Crippen LogP contribution in [0.5, 0.6) is 0 Å². The Kier molecular flexibility index (Phi) is 3.80. The van der Waals surface area contributed by atoms with Crippen molar-refractivity contribution in [3.8, 4) is 0 Å². The van der Waals surface area contributed by atoms with E-state index < -0.39 is 17.6 Å². The fraction of sp³-hybridized carbons (Fsp3) is 0.0769. The van der Waals surface area contributed by atoms with Crippen LogP contribution in [0.4, 0.5) is 8.78 Å². The molecule has 0 spiro atoms. The van der Waals surface area contributed by atoms with Crippen LogP contribution in [0.2, 0.25) is 0 Å². The van der Waals surface area contributed by atoms with Gasteiger partial charge in [-0.1, -0.05) is 11.8 Å². The second-order valence-corrected chi connectivity index (χ2v) is 4.89. The summed E-state index contributed by atoms with van der Waals surface area (Å²) in [7, 11) is 0. The number of carboxylic acid groups (broad SMARTS) is 1. The largest absolute Gasteiger partial charge is 0.478 e. The second kappa shape index (κ2) is 5.36. The highest BCUT2D eigenvalue weighted by molar-refractivity contribution is 7.99. The molecule has 0 aliphatic heterocycles. The molecular weight excluding hydrogens is 272 g/mol. The fourth-order valence-corrected chi connectivity index (χ4v) is 2.51. The molecule has 2 aromatic rings. The number of aromatic carboxylic acids is 1. The van der Waals surface area contributed by atoms with Crippen LogP contribution in [0.3, 0.4) is 0 Å². The first-order chi connectivity index (χ1) is 8.97. The maximum atomic E-state index is 13.5. The molecule has 0 saturated carbocycles. The van der Waals surface area contributed by atoms with Gasteiger partial charge in [-0.05, 0) is 31.2 Å². The molecule has 0 atom stereocenters. The van der Waals surface area contributed by atoms with Gasteiger partial charge >= 0.3 is 5.97 Å². The molecule has 1 heterocycles. The van der Waals surface area contributed by atoms with E-state index in [1.165, 1.54) is 12.3 Å². The molecule has 0 bridgehead atoms. The Morgan fingerprint density at radius 2 is 2.00 bits per heavy atom. The van der Waals surface area contributed by atoms with Gasteiger partial charge in [0.25, 0.3) is 0 Å². The van der Waals surface area contributed by atoms with Crippen LogP contribution in [0, 0.1) is 18.6 Å². The number of nitrogens with zero attached hydrogens (tertiary/aromatic N) is 1. The molecule has 0 aliphatic rings. The summed E-state index contributed by atoms with van der Waals surface area (Å²) < 4.78 is 26.6. The summed E-state index contributed by atoms with van der Waals surface area (Å²) in [4.78, 5) is 15.3. The van der Waals surface area contributed by atoms with Gasteiger partial charge in [0.05, 0.1) is 10.5 Å². The van der Waals surface area contributed by atoms with Crippen molar-refractivity contribution in [2.24, 2.45) is 0 Å². The van der Waals surface area contributed by atoms with E-state index in [-0.39, 0.29) is 10.5 Å². The number of aromatic nitrogens is 1. The van der Waals surface area contributed by atoms with Crippen LogP contribution in [0.25, 0.3) is 0 Å². The molecule has 2 rings (SSSR count). The lowest BCUT2D eigenvalue weighted by atomic mass is 10.2. The van der Waals surface area contributed by atoms with Crippen molar-refractivity contribution in [2.45, 2.75) is 16.7 Å². The van der Waals surface area contributed by atoms with Gasteiger partial charge < -0.3 is 5.11 Å². The van der Waals surface area contributed by atoms with Crippen LogP contribution in [-0.4, -0.2) is 16.1 Å². The maximum absolute atomic E-state index is 13.5. The minimum Gasteiger partial charge on any atom is -0.478 e. The Labute approximate surface area is 112 Å². The Balaban J connectivity index is 2.45. The number of pyridine rings is 1. The van der Waals surface area contributed by atoms with Crippen LogP contribution < -0.4 is 0 Å². The van der Waals surface area contributed by atoms with Crippen molar-refractivity contribution in [1.82, 2.24) is 4.98 Å². The molecule has 0 saturated heterocycles. The average molecular weight is 281 g/mol. The molecule has 0 aliphatic carbocycles. The smallest absolute Gasteiger partial charge is 0.338 e. The standard InChI is InChI=1S/C13H9F2NO2S/c1-7-4-11(9(6-16-7)13(17)18)19-12-5-8(14)2-3-10(12)15/h2-6H,1H3,(H,17,18). The highest BCUT2D eigenvalue weighted by Crippen LogP contribution is 2.32. The van der Waals surface area contributed by atoms with Gasteiger partial charge in [0.15, 0.2) is 0 Å². The van der Waals surface area contributed by atoms with Crippen LogP contribution >= 0.6 is 11.8 Å². The van der Waals surface area contributed by atoms with Gasteiger partial charge in [0.1, 0.15) is 11.6 Å². The number of carbonyl (C=O) groups is 1. The Morgan fingerprint density at radius 3 is 2.68 bits per heavy atom. The van der Waals surface area contributed by atoms with Gasteiger partial charge in [0, 0.05) is 16.8 Å². The van der Waals surface area contributed by atoms with Gasteiger partial charge in [0.2, 0.25) is 0 Å². The van der Waals surface area contributed by atoms with E-state index in [2.05, 4.69) is 4.98 Å². The van der Waals surface area contributed by atoms with E-state index in [0.717, 1.165) is 30.0 Å². The van der Waals surface area contributed by atoms with Crippen molar-refractivity contribution in [2.75, 3.05) is 0 Å². The highest BCUT2D eigenvalue weighted by Gasteiger charge is 2.14. The first kappa shape index (κ1) is 13.5. The van der Waals surface area contributed by atoms with E-state index in [9.17, 15) is 13.6 Å². The zero-order chi connectivity index (χ0) is 14.0. The van der Waals surface area contributed by atoms with Crippen LogP contribution in [0.1, 0.15) is 16.1 Å². The lowest BCUT2D eigenvalue weighted by molar-refractivity contribution is 0.0692. The Bertz CT molecular complexity index is 647. The van der Waals surface area contributed by atoms with Crippen molar-refractivity contribution in [3.05, 3.63) is 53.4 Å². The SMILES string of the molecule is Cc1cc(Sc2cc(F)ccc2F)c(C(=O)O)cn1. The summed E-state index contributed by atoms with van der Waals surface area (Å²) >= 11 is 0.862. The molecule has 1 aromatic heterocycles. The first-order valence-electron chi connectivity index (χ1n) is 5.30. The number of hydrogen-bond donors (Lipinski definition) is 1. The molecule has 0 fully saturated rings.